The molecule has 268 valence electrons. The maximum absolute atomic E-state index is 7.15. The van der Waals surface area contributed by atoms with Gasteiger partial charge in [-0.15, -0.1) is 11.3 Å². The van der Waals surface area contributed by atoms with Crippen LogP contribution >= 0.6 is 11.3 Å². The first-order chi connectivity index (χ1) is 28.7. The lowest BCUT2D eigenvalue weighted by Gasteiger charge is -2.40. The lowest BCUT2D eigenvalue weighted by atomic mass is 9.65. The van der Waals surface area contributed by atoms with E-state index in [1.54, 1.807) is 0 Å². The zero-order valence-corrected chi connectivity index (χ0v) is 31.8. The number of nitrogens with zero attached hydrogens (tertiary/aromatic N) is 2. The van der Waals surface area contributed by atoms with Crippen molar-refractivity contribution in [1.29, 1.82) is 0 Å². The minimum absolute atomic E-state index is 0.478. The predicted octanol–water partition coefficient (Wildman–Crippen LogP) is 13.3. The Morgan fingerprint density at radius 2 is 1.00 bits per heavy atom. The van der Waals surface area contributed by atoms with Gasteiger partial charge in [0.15, 0.2) is 0 Å². The summed E-state index contributed by atoms with van der Waals surface area (Å²) in [6.07, 6.45) is 3.94. The molecule has 0 N–H and O–H groups in total. The third-order valence-electron chi connectivity index (χ3n) is 13.5. The Balaban J connectivity index is 1.07. The van der Waals surface area contributed by atoms with Crippen molar-refractivity contribution in [3.63, 3.8) is 0 Å². The average Bonchev–Trinajstić information content (AvgIpc) is 3.98. The average molecular weight is 755 g/mol. The molecule has 58 heavy (non-hydrogen) atoms. The lowest BCUT2D eigenvalue weighted by Crippen LogP contribution is -2.33. The third kappa shape index (κ3) is 3.58. The van der Waals surface area contributed by atoms with Crippen molar-refractivity contribution in [2.24, 2.45) is 0 Å². The van der Waals surface area contributed by atoms with Gasteiger partial charge in [0.25, 0.3) is 0 Å². The number of hydrogen-bond donors (Lipinski definition) is 0. The molecule has 0 fully saturated rings. The second-order valence-electron chi connectivity index (χ2n) is 16.0. The first-order valence-electron chi connectivity index (χ1n) is 19.9. The van der Waals surface area contributed by atoms with E-state index < -0.39 is 10.8 Å². The summed E-state index contributed by atoms with van der Waals surface area (Å²) < 4.78 is 9.73. The van der Waals surface area contributed by atoms with Gasteiger partial charge >= 0.3 is 0 Å². The zero-order valence-electron chi connectivity index (χ0n) is 31.0. The van der Waals surface area contributed by atoms with Gasteiger partial charge in [0.1, 0.15) is 11.5 Å². The van der Waals surface area contributed by atoms with Gasteiger partial charge in [-0.25, -0.2) is 0 Å². The van der Waals surface area contributed by atoms with Gasteiger partial charge in [0, 0.05) is 54.8 Å². The topological polar surface area (TPSA) is 35.0 Å². The van der Waals surface area contributed by atoms with Crippen molar-refractivity contribution in [1.82, 2.24) is 9.97 Å². The highest BCUT2D eigenvalue weighted by atomic mass is 32.1. The number of benzene rings is 7. The molecule has 4 heterocycles. The fraction of sp³-hybridized carbons (Fsp3) is 0.0370. The fourth-order valence-corrected chi connectivity index (χ4v) is 12.4. The lowest BCUT2D eigenvalue weighted by molar-refractivity contribution is 0.435. The second-order valence-corrected chi connectivity index (χ2v) is 17.0. The van der Waals surface area contributed by atoms with Crippen LogP contribution < -0.4 is 4.74 Å². The van der Waals surface area contributed by atoms with Crippen LogP contribution in [0.4, 0.5) is 0 Å². The van der Waals surface area contributed by atoms with Crippen molar-refractivity contribution in [2.45, 2.75) is 10.8 Å². The van der Waals surface area contributed by atoms with E-state index in [4.69, 9.17) is 14.7 Å². The molecule has 0 saturated carbocycles. The van der Waals surface area contributed by atoms with Crippen LogP contribution in [0.5, 0.6) is 11.5 Å². The zero-order chi connectivity index (χ0) is 37.7. The van der Waals surface area contributed by atoms with Gasteiger partial charge in [-0.1, -0.05) is 127 Å². The molecule has 14 rings (SSSR count). The van der Waals surface area contributed by atoms with E-state index in [0.29, 0.717) is 0 Å². The van der Waals surface area contributed by atoms with Crippen LogP contribution in [0.3, 0.4) is 0 Å². The number of fused-ring (bicyclic) bond motifs is 22. The molecule has 7 aromatic carbocycles. The van der Waals surface area contributed by atoms with E-state index in [1.165, 1.54) is 64.7 Å². The molecule has 3 aromatic heterocycles. The van der Waals surface area contributed by atoms with E-state index >= 15 is 0 Å². The van der Waals surface area contributed by atoms with E-state index in [0.717, 1.165) is 56.3 Å². The smallest absolute Gasteiger partial charge is 0.132 e. The number of aromatic nitrogens is 2. The normalized spacial score (nSPS) is 16.6. The highest BCUT2D eigenvalue weighted by Crippen LogP contribution is 2.67. The van der Waals surface area contributed by atoms with E-state index in [1.807, 2.05) is 23.7 Å². The number of hydrogen-bond acceptors (Lipinski definition) is 4. The van der Waals surface area contributed by atoms with Crippen LogP contribution in [0.15, 0.2) is 182 Å². The number of thiophene rings is 1. The van der Waals surface area contributed by atoms with E-state index in [9.17, 15) is 0 Å². The number of pyridine rings is 2. The van der Waals surface area contributed by atoms with Crippen LogP contribution in [0, 0.1) is 0 Å². The molecule has 3 nitrogen and oxygen atoms in total. The monoisotopic (exact) mass is 754 g/mol. The Kier molecular flexibility index (Phi) is 5.79. The minimum Gasteiger partial charge on any atom is -0.457 e. The molecule has 4 heteroatoms. The van der Waals surface area contributed by atoms with Gasteiger partial charge in [0.05, 0.1) is 22.2 Å². The van der Waals surface area contributed by atoms with Crippen molar-refractivity contribution < 1.29 is 4.74 Å². The highest BCUT2D eigenvalue weighted by Gasteiger charge is 2.56. The molecular formula is C54H30N2OS. The Labute approximate surface area is 338 Å². The molecule has 0 saturated heterocycles. The minimum atomic E-state index is -0.723. The molecule has 1 aliphatic heterocycles. The summed E-state index contributed by atoms with van der Waals surface area (Å²) in [6, 6.07) is 62.7. The molecule has 1 unspecified atom stereocenters. The largest absolute Gasteiger partial charge is 0.457 e. The predicted molar refractivity (Wildman–Crippen MR) is 234 cm³/mol. The Hall–Kier alpha value is -7.14. The molecular weight excluding hydrogens is 725 g/mol. The summed E-state index contributed by atoms with van der Waals surface area (Å²) in [4.78, 5) is 10.4. The standard InChI is InChI=1S/C54H30N2OS/c1-5-16-39-33(12-1)34-13-2-6-17-40(34)53(39)41-18-7-3-14-35(41)38-28-45-48(29-44(38)53)57-47-21-9-8-19-42(47)54(45)43-20-11-25-55-51(43)52-46(54)26-32(30-56-52)31-23-24-37-36-15-4-10-22-49(36)58-50(37)27-31/h1-30H. The third-order valence-corrected chi connectivity index (χ3v) is 14.6. The van der Waals surface area contributed by atoms with Crippen molar-refractivity contribution in [3.8, 4) is 56.3 Å². The Morgan fingerprint density at radius 3 is 1.79 bits per heavy atom. The van der Waals surface area contributed by atoms with Crippen LogP contribution in [0.2, 0.25) is 0 Å². The van der Waals surface area contributed by atoms with E-state index in [2.05, 4.69) is 170 Å². The summed E-state index contributed by atoms with van der Waals surface area (Å²) in [7, 11) is 0. The molecule has 0 amide bonds. The Bertz CT molecular complexity index is 3420. The summed E-state index contributed by atoms with van der Waals surface area (Å²) in [5.41, 5.74) is 17.6. The molecule has 4 aliphatic rings. The molecule has 1 atom stereocenters. The molecule has 10 aromatic rings. The maximum atomic E-state index is 7.15. The fourth-order valence-electron chi connectivity index (χ4n) is 11.2. The summed E-state index contributed by atoms with van der Waals surface area (Å²) >= 11 is 1.85. The maximum Gasteiger partial charge on any atom is 0.132 e. The highest BCUT2D eigenvalue weighted by molar-refractivity contribution is 7.25. The summed E-state index contributed by atoms with van der Waals surface area (Å²) in [6.45, 7) is 0. The quantitative estimate of drug-likeness (QED) is 0.167. The molecule has 2 spiro atoms. The van der Waals surface area contributed by atoms with Crippen molar-refractivity contribution >= 4 is 31.5 Å². The molecule has 0 radical (unpaired) electrons. The van der Waals surface area contributed by atoms with Crippen LogP contribution in [-0.2, 0) is 10.8 Å². The Morgan fingerprint density at radius 1 is 0.379 bits per heavy atom. The van der Waals surface area contributed by atoms with Crippen molar-refractivity contribution in [2.75, 3.05) is 0 Å². The first kappa shape index (κ1) is 31.0. The second kappa shape index (κ2) is 10.8. The van der Waals surface area contributed by atoms with Crippen molar-refractivity contribution in [3.05, 3.63) is 227 Å². The van der Waals surface area contributed by atoms with Crippen LogP contribution in [-0.4, -0.2) is 9.97 Å². The number of rotatable bonds is 1. The SMILES string of the molecule is c1ccc2c(c1)Oc1cc3c(cc1C21c2cccnc2-c2ncc(-c4ccc5c(c4)sc4ccccc45)cc21)-c1ccccc1C31c2ccccc2-c2ccccc21. The van der Waals surface area contributed by atoms with Gasteiger partial charge in [0.2, 0.25) is 0 Å². The van der Waals surface area contributed by atoms with Gasteiger partial charge in [-0.3, -0.25) is 9.97 Å². The van der Waals surface area contributed by atoms with Gasteiger partial charge in [-0.2, -0.15) is 0 Å². The number of ether oxygens (including phenoxy) is 1. The first-order valence-corrected chi connectivity index (χ1v) is 20.7. The summed E-state index contributed by atoms with van der Waals surface area (Å²) in [5.74, 6) is 1.72. The van der Waals surface area contributed by atoms with Gasteiger partial charge in [-0.05, 0) is 98.1 Å². The number of para-hydroxylation sites is 1. The van der Waals surface area contributed by atoms with E-state index in [-0.39, 0.29) is 0 Å². The molecule has 0 bridgehead atoms. The van der Waals surface area contributed by atoms with Crippen LogP contribution in [0.25, 0.3) is 64.9 Å². The summed E-state index contributed by atoms with van der Waals surface area (Å²) in [5, 5.41) is 2.59. The molecule has 3 aliphatic carbocycles. The van der Waals surface area contributed by atoms with Gasteiger partial charge < -0.3 is 4.74 Å². The van der Waals surface area contributed by atoms with Crippen LogP contribution in [0.1, 0.15) is 44.5 Å².